The van der Waals surface area contributed by atoms with Crippen molar-refractivity contribution in [3.05, 3.63) is 12.2 Å². The summed E-state index contributed by atoms with van der Waals surface area (Å²) in [5.41, 5.74) is 0. The summed E-state index contributed by atoms with van der Waals surface area (Å²) in [5, 5.41) is 32.4. The lowest BCUT2D eigenvalue weighted by atomic mass is 9.91. The number of aliphatic carboxylic acids is 1. The molecule has 0 aromatic carbocycles. The highest BCUT2D eigenvalue weighted by Crippen LogP contribution is 2.39. The first-order valence-corrected chi connectivity index (χ1v) is 9.57. The Morgan fingerprint density at radius 1 is 1.40 bits per heavy atom. The third-order valence-corrected chi connectivity index (χ3v) is 5.24. The molecule has 6 nitrogen and oxygen atoms in total. The van der Waals surface area contributed by atoms with Crippen LogP contribution in [0.25, 0.3) is 0 Å². The van der Waals surface area contributed by atoms with Gasteiger partial charge in [0, 0.05) is 31.3 Å². The van der Waals surface area contributed by atoms with Gasteiger partial charge in [-0.2, -0.15) is 0 Å². The van der Waals surface area contributed by atoms with E-state index in [9.17, 15) is 15.0 Å². The number of carboxylic acids is 1. The fraction of sp³-hybridized carbons (Fsp3) is 0.789. The van der Waals surface area contributed by atoms with Crippen molar-refractivity contribution in [1.82, 2.24) is 5.32 Å². The Balaban J connectivity index is 1.83. The van der Waals surface area contributed by atoms with Gasteiger partial charge in [-0.25, -0.2) is 0 Å². The zero-order chi connectivity index (χ0) is 18.2. The molecule has 2 aliphatic rings. The molecule has 142 valence electrons. The lowest BCUT2D eigenvalue weighted by molar-refractivity contribution is -0.137. The van der Waals surface area contributed by atoms with Crippen molar-refractivity contribution >= 4 is 11.8 Å². The Hall–Kier alpha value is -1.40. The molecule has 1 aliphatic carbocycles. The monoisotopic (exact) mass is 352 g/mol. The number of fused-ring (bicyclic) bond motifs is 1. The molecule has 25 heavy (non-hydrogen) atoms. The largest absolute Gasteiger partial charge is 0.481 e. The Bertz CT molecular complexity index is 492. The first-order valence-electron chi connectivity index (χ1n) is 9.57. The second-order valence-corrected chi connectivity index (χ2v) is 7.27. The van der Waals surface area contributed by atoms with Crippen LogP contribution in [0.4, 0.5) is 0 Å². The summed E-state index contributed by atoms with van der Waals surface area (Å²) in [6.07, 6.45) is 9.26. The average Bonchev–Trinajstić information content (AvgIpc) is 3.06. The maximum absolute atomic E-state index is 10.5. The summed E-state index contributed by atoms with van der Waals surface area (Å²) in [5.74, 6) is 0.480. The number of amidine groups is 1. The van der Waals surface area contributed by atoms with Crippen molar-refractivity contribution in [3.8, 4) is 0 Å². The van der Waals surface area contributed by atoms with Gasteiger partial charge in [-0.1, -0.05) is 38.3 Å². The third-order valence-electron chi connectivity index (χ3n) is 5.24. The molecule has 2 fully saturated rings. The van der Waals surface area contributed by atoms with Crippen molar-refractivity contribution in [2.45, 2.75) is 76.5 Å². The van der Waals surface area contributed by atoms with Crippen LogP contribution in [0.3, 0.4) is 0 Å². The molecule has 6 heteroatoms. The molecule has 2 rings (SSSR count). The zero-order valence-electron chi connectivity index (χ0n) is 15.1. The third kappa shape index (κ3) is 6.12. The Labute approximate surface area is 150 Å². The van der Waals surface area contributed by atoms with Crippen LogP contribution in [0.2, 0.25) is 0 Å². The minimum atomic E-state index is -0.790. The van der Waals surface area contributed by atoms with E-state index in [2.05, 4.69) is 17.2 Å². The van der Waals surface area contributed by atoms with E-state index >= 15 is 0 Å². The van der Waals surface area contributed by atoms with E-state index in [1.165, 1.54) is 0 Å². The van der Waals surface area contributed by atoms with Gasteiger partial charge in [0.15, 0.2) is 0 Å². The van der Waals surface area contributed by atoms with E-state index in [4.69, 9.17) is 5.11 Å². The van der Waals surface area contributed by atoms with Crippen molar-refractivity contribution in [2.24, 2.45) is 16.8 Å². The fourth-order valence-electron chi connectivity index (χ4n) is 3.87. The molecule has 5 atom stereocenters. The zero-order valence-corrected chi connectivity index (χ0v) is 15.1. The summed E-state index contributed by atoms with van der Waals surface area (Å²) >= 11 is 0. The van der Waals surface area contributed by atoms with Crippen LogP contribution >= 0.6 is 0 Å². The number of nitrogens with one attached hydrogen (secondary N) is 1. The van der Waals surface area contributed by atoms with Gasteiger partial charge >= 0.3 is 5.97 Å². The molecule has 0 radical (unpaired) electrons. The van der Waals surface area contributed by atoms with Gasteiger partial charge in [0.1, 0.15) is 0 Å². The number of carbonyl (C=O) groups is 1. The molecular weight excluding hydrogens is 320 g/mol. The second-order valence-electron chi connectivity index (χ2n) is 7.27. The normalized spacial score (nSPS) is 31.4. The molecule has 5 unspecified atom stereocenters. The van der Waals surface area contributed by atoms with E-state index in [0.717, 1.165) is 37.9 Å². The first kappa shape index (κ1) is 19.9. The van der Waals surface area contributed by atoms with Crippen molar-refractivity contribution in [1.29, 1.82) is 0 Å². The number of carboxylic acid groups (broad SMARTS) is 1. The molecule has 0 aromatic rings. The van der Waals surface area contributed by atoms with Crippen LogP contribution in [-0.4, -0.2) is 51.9 Å². The molecule has 1 aliphatic heterocycles. The lowest BCUT2D eigenvalue weighted by Gasteiger charge is -2.16. The maximum Gasteiger partial charge on any atom is 0.303 e. The highest BCUT2D eigenvalue weighted by Gasteiger charge is 2.45. The minimum Gasteiger partial charge on any atom is -0.481 e. The highest BCUT2D eigenvalue weighted by atomic mass is 16.4. The van der Waals surface area contributed by atoms with Gasteiger partial charge in [-0.15, -0.1) is 0 Å². The van der Waals surface area contributed by atoms with Crippen LogP contribution in [0.5, 0.6) is 0 Å². The van der Waals surface area contributed by atoms with Gasteiger partial charge in [0.2, 0.25) is 0 Å². The summed E-state index contributed by atoms with van der Waals surface area (Å²) in [7, 11) is 0. The molecular formula is C19H32N2O4. The quantitative estimate of drug-likeness (QED) is 0.356. The maximum atomic E-state index is 10.5. The number of nitrogens with zero attached hydrogens (tertiary/aromatic N) is 1. The van der Waals surface area contributed by atoms with Crippen LogP contribution in [-0.2, 0) is 4.79 Å². The van der Waals surface area contributed by atoms with Gasteiger partial charge in [-0.05, 0) is 25.2 Å². The van der Waals surface area contributed by atoms with E-state index < -0.39 is 12.1 Å². The molecule has 0 aromatic heterocycles. The Morgan fingerprint density at radius 2 is 2.20 bits per heavy atom. The number of unbranched alkanes of at least 4 members (excludes halogenated alkanes) is 2. The smallest absolute Gasteiger partial charge is 0.303 e. The van der Waals surface area contributed by atoms with E-state index in [-0.39, 0.29) is 24.5 Å². The number of hydrogen-bond acceptors (Lipinski definition) is 4. The molecule has 0 amide bonds. The van der Waals surface area contributed by atoms with Crippen LogP contribution in [0.15, 0.2) is 17.1 Å². The predicted octanol–water partition coefficient (Wildman–Crippen LogP) is 2.11. The van der Waals surface area contributed by atoms with Crippen molar-refractivity contribution in [2.75, 3.05) is 6.54 Å². The van der Waals surface area contributed by atoms with E-state index in [1.807, 2.05) is 12.2 Å². The van der Waals surface area contributed by atoms with E-state index in [1.54, 1.807) is 0 Å². The van der Waals surface area contributed by atoms with Gasteiger partial charge in [-0.3, -0.25) is 9.79 Å². The van der Waals surface area contributed by atoms with E-state index in [0.29, 0.717) is 25.3 Å². The Morgan fingerprint density at radius 3 is 2.92 bits per heavy atom. The number of aliphatic imine (C=N–C) groups is 1. The highest BCUT2D eigenvalue weighted by molar-refractivity contribution is 5.85. The van der Waals surface area contributed by atoms with Crippen molar-refractivity contribution < 1.29 is 20.1 Å². The SMILES string of the molecule is CCCCCC(O)C=CC1C(O)CC2NC(=NCCCC(=O)O)CC21. The van der Waals surface area contributed by atoms with Gasteiger partial charge in [0.05, 0.1) is 18.0 Å². The topological polar surface area (TPSA) is 102 Å². The molecule has 1 saturated heterocycles. The molecule has 0 spiro atoms. The number of aliphatic hydroxyl groups excluding tert-OH is 2. The molecule has 4 N–H and O–H groups in total. The van der Waals surface area contributed by atoms with Gasteiger partial charge < -0.3 is 20.6 Å². The number of rotatable bonds is 10. The Kier molecular flexibility index (Phi) is 7.90. The van der Waals surface area contributed by atoms with Crippen LogP contribution in [0.1, 0.15) is 58.3 Å². The lowest BCUT2D eigenvalue weighted by Crippen LogP contribution is -2.27. The van der Waals surface area contributed by atoms with Crippen LogP contribution in [0, 0.1) is 11.8 Å². The minimum absolute atomic E-state index is 0.0463. The summed E-state index contributed by atoms with van der Waals surface area (Å²) < 4.78 is 0. The fourth-order valence-corrected chi connectivity index (χ4v) is 3.87. The summed E-state index contributed by atoms with van der Waals surface area (Å²) in [6.45, 7) is 2.67. The molecule has 0 bridgehead atoms. The second kappa shape index (κ2) is 9.92. The average molecular weight is 352 g/mol. The predicted molar refractivity (Wildman–Crippen MR) is 97.6 cm³/mol. The molecule has 1 saturated carbocycles. The van der Waals surface area contributed by atoms with Crippen LogP contribution < -0.4 is 5.32 Å². The summed E-state index contributed by atoms with van der Waals surface area (Å²) in [4.78, 5) is 15.0. The standard InChI is InChI=1S/C19H32N2O4/c1-2-3-4-6-13(22)8-9-14-15-11-18(20-10-5-7-19(24)25)21-16(15)12-17(14)23/h8-9,13-17,22-23H,2-7,10-12H2,1H3,(H,20,21)(H,24,25). The van der Waals surface area contributed by atoms with Gasteiger partial charge in [0.25, 0.3) is 0 Å². The number of hydrogen-bond donors (Lipinski definition) is 4. The molecule has 1 heterocycles. The van der Waals surface area contributed by atoms with Crippen molar-refractivity contribution in [3.63, 3.8) is 0 Å². The first-order chi connectivity index (χ1) is 12.0. The number of aliphatic hydroxyl groups is 2. The summed E-state index contributed by atoms with van der Waals surface area (Å²) in [6, 6.07) is 0.222.